The molecule has 2 aliphatic heterocycles. The lowest BCUT2D eigenvalue weighted by molar-refractivity contribution is -0.125. The van der Waals surface area contributed by atoms with Crippen LogP contribution < -0.4 is 0 Å². The molecule has 2 atom stereocenters. The highest BCUT2D eigenvalue weighted by Gasteiger charge is 2.39. The van der Waals surface area contributed by atoms with Crippen molar-refractivity contribution < 1.29 is 38.1 Å². The van der Waals surface area contributed by atoms with E-state index < -0.39 is 23.5 Å². The number of allylic oxidation sites excluding steroid dienone is 6. The van der Waals surface area contributed by atoms with E-state index in [1.54, 1.807) is 63.7 Å². The van der Waals surface area contributed by atoms with E-state index in [1.165, 1.54) is 57.8 Å². The molecule has 1 saturated carbocycles. The Morgan fingerprint density at radius 2 is 0.945 bits per heavy atom. The summed E-state index contributed by atoms with van der Waals surface area (Å²) >= 11 is 0. The molecule has 1 aliphatic carbocycles. The van der Waals surface area contributed by atoms with Crippen molar-refractivity contribution in [3.8, 4) is 0 Å². The largest absolute Gasteiger partial charge is 0.514 e. The Morgan fingerprint density at radius 1 is 0.582 bits per heavy atom. The number of hydrogen-bond acceptors (Lipinski definition) is 8. The van der Waals surface area contributed by atoms with Gasteiger partial charge in [-0.1, -0.05) is 62.1 Å². The molecule has 10 nitrogen and oxygen atoms in total. The van der Waals surface area contributed by atoms with E-state index in [9.17, 15) is 19.2 Å². The number of nitrogens with zero attached hydrogens (tertiary/aromatic N) is 2. The van der Waals surface area contributed by atoms with Gasteiger partial charge in [-0.3, -0.25) is 9.59 Å². The van der Waals surface area contributed by atoms with Crippen LogP contribution >= 0.6 is 0 Å². The second-order valence-electron chi connectivity index (χ2n) is 16.1. The van der Waals surface area contributed by atoms with E-state index in [2.05, 4.69) is 24.3 Å². The summed E-state index contributed by atoms with van der Waals surface area (Å²) in [6, 6.07) is 0. The number of rotatable bonds is 24. The summed E-state index contributed by atoms with van der Waals surface area (Å²) in [6.07, 6.45) is 37.8. The van der Waals surface area contributed by atoms with Gasteiger partial charge in [0.15, 0.2) is 22.7 Å². The third-order valence-corrected chi connectivity index (χ3v) is 10.4. The first-order valence-corrected chi connectivity index (χ1v) is 20.7. The van der Waals surface area contributed by atoms with Gasteiger partial charge in [0.1, 0.15) is 0 Å². The van der Waals surface area contributed by atoms with Gasteiger partial charge in [0.25, 0.3) is 0 Å². The van der Waals surface area contributed by atoms with Crippen LogP contribution in [0.3, 0.4) is 0 Å². The molecule has 2 amide bonds. The van der Waals surface area contributed by atoms with E-state index in [0.29, 0.717) is 49.3 Å². The second kappa shape index (κ2) is 23.8. The second-order valence-corrected chi connectivity index (χ2v) is 16.1. The average Bonchev–Trinajstić information content (AvgIpc) is 3.77. The van der Waals surface area contributed by atoms with Crippen LogP contribution in [0.1, 0.15) is 137 Å². The fourth-order valence-corrected chi connectivity index (χ4v) is 6.92. The Hall–Kier alpha value is -4.08. The van der Waals surface area contributed by atoms with Crippen molar-refractivity contribution in [2.75, 3.05) is 27.2 Å². The predicted octanol–water partition coefficient (Wildman–Crippen LogP) is 10.7. The molecule has 306 valence electrons. The molecule has 0 bridgehead atoms. The number of likely N-dealkylation sites (N-methyl/N-ethyl adjacent to an activating group) is 2. The fraction of sp³-hybridized carbons (Fsp3) is 0.644. The van der Waals surface area contributed by atoms with Crippen molar-refractivity contribution in [3.05, 3.63) is 72.3 Å². The number of hydrogen-bond donors (Lipinski definition) is 0. The van der Waals surface area contributed by atoms with Crippen molar-refractivity contribution in [1.82, 2.24) is 9.80 Å². The Morgan fingerprint density at radius 3 is 1.29 bits per heavy atom. The first-order valence-electron chi connectivity index (χ1n) is 20.7. The minimum absolute atomic E-state index is 0.0140. The van der Waals surface area contributed by atoms with Crippen LogP contribution in [0.15, 0.2) is 72.3 Å². The lowest BCUT2D eigenvalue weighted by Crippen LogP contribution is -2.26. The molecule has 2 heterocycles. The third-order valence-electron chi connectivity index (χ3n) is 10.4. The van der Waals surface area contributed by atoms with Crippen molar-refractivity contribution in [1.29, 1.82) is 0 Å². The minimum Gasteiger partial charge on any atom is -0.420 e. The monoisotopic (exact) mass is 764 g/mol. The van der Waals surface area contributed by atoms with Gasteiger partial charge in [0.2, 0.25) is 11.8 Å². The first-order chi connectivity index (χ1) is 26.3. The van der Waals surface area contributed by atoms with Gasteiger partial charge in [-0.25, -0.2) is 9.59 Å². The van der Waals surface area contributed by atoms with Gasteiger partial charge in [-0.05, 0) is 147 Å². The molecule has 55 heavy (non-hydrogen) atoms. The quantitative estimate of drug-likeness (QED) is 0.0413. The molecule has 0 radical (unpaired) electrons. The molecule has 0 aromatic heterocycles. The van der Waals surface area contributed by atoms with Crippen LogP contribution in [-0.2, 0) is 28.5 Å². The van der Waals surface area contributed by atoms with Crippen molar-refractivity contribution >= 4 is 24.1 Å². The lowest BCUT2D eigenvalue weighted by atomic mass is 10.0. The van der Waals surface area contributed by atoms with E-state index in [-0.39, 0.29) is 11.8 Å². The molecule has 3 rings (SSSR count). The third kappa shape index (κ3) is 17.5. The highest BCUT2D eigenvalue weighted by Crippen LogP contribution is 2.33. The molecular formula is C45H68N2O8. The topological polar surface area (TPSA) is 112 Å². The van der Waals surface area contributed by atoms with Gasteiger partial charge in [0, 0.05) is 27.2 Å². The van der Waals surface area contributed by atoms with E-state index in [4.69, 9.17) is 18.9 Å². The number of ether oxygens (including phenoxy) is 4. The maximum atomic E-state index is 12.4. The highest BCUT2D eigenvalue weighted by atomic mass is 16.8. The van der Waals surface area contributed by atoms with Crippen LogP contribution in [0.2, 0.25) is 0 Å². The van der Waals surface area contributed by atoms with Crippen LogP contribution in [0.25, 0.3) is 0 Å². The molecule has 2 unspecified atom stereocenters. The molecular weight excluding hydrogens is 697 g/mol. The Labute approximate surface area is 330 Å². The summed E-state index contributed by atoms with van der Waals surface area (Å²) < 4.78 is 20.4. The molecule has 3 aliphatic rings. The van der Waals surface area contributed by atoms with Gasteiger partial charge in [0.05, 0.1) is 0 Å². The van der Waals surface area contributed by atoms with E-state index >= 15 is 0 Å². The Balaban J connectivity index is 1.11. The van der Waals surface area contributed by atoms with Crippen LogP contribution in [0.5, 0.6) is 0 Å². The number of carbonyl (C=O) groups is 4. The number of cyclic esters (lactones) is 4. The number of carbonyl (C=O) groups excluding carboxylic acids is 4. The van der Waals surface area contributed by atoms with Crippen LogP contribution in [0, 0.1) is 11.8 Å². The van der Waals surface area contributed by atoms with Crippen molar-refractivity contribution in [2.24, 2.45) is 11.8 Å². The molecule has 2 saturated heterocycles. The normalized spacial score (nSPS) is 22.0. The molecule has 0 aromatic rings. The lowest BCUT2D eigenvalue weighted by Gasteiger charge is -2.16. The number of unbranched alkanes of at least 4 members (excludes halogenated alkanes) is 10. The Kier molecular flexibility index (Phi) is 19.6. The van der Waals surface area contributed by atoms with Gasteiger partial charge in [-0.2, -0.15) is 0 Å². The van der Waals surface area contributed by atoms with Crippen LogP contribution in [-0.4, -0.2) is 72.3 Å². The summed E-state index contributed by atoms with van der Waals surface area (Å²) in [7, 11) is 3.56. The molecule has 0 N–H and O–H groups in total. The molecule has 0 spiro atoms. The average molecular weight is 765 g/mol. The fourth-order valence-electron chi connectivity index (χ4n) is 6.92. The molecule has 3 fully saturated rings. The zero-order chi connectivity index (χ0) is 40.1. The van der Waals surface area contributed by atoms with Gasteiger partial charge < -0.3 is 28.7 Å². The zero-order valence-electron chi connectivity index (χ0n) is 34.5. The molecule has 0 aromatic carbocycles. The summed E-state index contributed by atoms with van der Waals surface area (Å²) in [5, 5.41) is 0. The number of amides is 2. The van der Waals surface area contributed by atoms with E-state index in [1.807, 2.05) is 24.3 Å². The molecule has 10 heteroatoms. The smallest absolute Gasteiger partial charge is 0.420 e. The first kappa shape index (κ1) is 45.3. The maximum absolute atomic E-state index is 12.4. The summed E-state index contributed by atoms with van der Waals surface area (Å²) in [6.45, 7) is 8.22. The standard InChI is InChI=1S/C45H68N2O8/c1-44(2)38(52-42(50)54-44)27-23-33-46(5)40(48)29-21-17-13-9-7-11-15-19-25-36-31-32-37(35-36)26-20-16-12-8-10-14-18-22-30-41(49)47(6)34-24-28-39-45(3,4)55-43(51)53-39/h19-22,25-30,36-37H,7-18,23-24,31-35H2,1-6H3/b25-19+,26-20?,29-21?,30-22+,38-27+,39-28+. The Bertz CT molecular complexity index is 1330. The van der Waals surface area contributed by atoms with Crippen molar-refractivity contribution in [3.63, 3.8) is 0 Å². The highest BCUT2D eigenvalue weighted by molar-refractivity contribution is 5.87. The summed E-state index contributed by atoms with van der Waals surface area (Å²) in [5.74, 6) is 2.40. The van der Waals surface area contributed by atoms with Gasteiger partial charge in [-0.15, -0.1) is 0 Å². The van der Waals surface area contributed by atoms with E-state index in [0.717, 1.165) is 38.5 Å². The van der Waals surface area contributed by atoms with Crippen LogP contribution in [0.4, 0.5) is 9.59 Å². The summed E-state index contributed by atoms with van der Waals surface area (Å²) in [5.41, 5.74) is -1.51. The maximum Gasteiger partial charge on any atom is 0.514 e. The minimum atomic E-state index is -0.754. The summed E-state index contributed by atoms with van der Waals surface area (Å²) in [4.78, 5) is 50.8. The predicted molar refractivity (Wildman–Crippen MR) is 217 cm³/mol. The SMILES string of the molecule is CN(CC/C=C1/OC(=O)OC1(C)C)C(=O)C=CCCCCCC/C=C/C1CCC(C=CCCCCCC/C=C/C(=O)N(C)CC/C=C2/OC(=O)OC2(C)C)C1. The zero-order valence-corrected chi connectivity index (χ0v) is 34.5. The van der Waals surface area contributed by atoms with Crippen molar-refractivity contribution in [2.45, 2.75) is 148 Å². The van der Waals surface area contributed by atoms with Gasteiger partial charge >= 0.3 is 12.3 Å².